The van der Waals surface area contributed by atoms with Crippen molar-refractivity contribution in [2.24, 2.45) is 5.92 Å². The van der Waals surface area contributed by atoms with Crippen molar-refractivity contribution in [1.82, 2.24) is 5.32 Å². The molecule has 0 spiro atoms. The predicted molar refractivity (Wildman–Crippen MR) is 91.5 cm³/mol. The second-order valence-corrected chi connectivity index (χ2v) is 8.11. The number of halogens is 4. The van der Waals surface area contributed by atoms with Crippen molar-refractivity contribution in [2.45, 2.75) is 42.9 Å². The van der Waals surface area contributed by atoms with Gasteiger partial charge in [-0.25, -0.2) is 0 Å². The highest BCUT2D eigenvalue weighted by Gasteiger charge is 2.52. The normalized spacial score (nSPS) is 16.4. The van der Waals surface area contributed by atoms with Crippen molar-refractivity contribution in [2.75, 3.05) is 0 Å². The number of amides is 1. The molecule has 2 atom stereocenters. The van der Waals surface area contributed by atoms with Crippen LogP contribution in [0, 0.1) is 5.92 Å². The molecule has 0 aliphatic heterocycles. The molecule has 21 heavy (non-hydrogen) atoms. The molecule has 0 saturated heterocycles. The minimum Gasteiger partial charge on any atom is -0.348 e. The molecule has 0 saturated carbocycles. The first-order valence-electron chi connectivity index (χ1n) is 6.63. The van der Waals surface area contributed by atoms with E-state index in [9.17, 15) is 4.79 Å². The van der Waals surface area contributed by atoms with E-state index in [0.29, 0.717) is 5.02 Å². The lowest BCUT2D eigenvalue weighted by Crippen LogP contribution is -2.54. The van der Waals surface area contributed by atoms with Crippen molar-refractivity contribution in [3.05, 3.63) is 34.9 Å². The van der Waals surface area contributed by atoms with Crippen LogP contribution in [-0.4, -0.2) is 15.1 Å². The fourth-order valence-electron chi connectivity index (χ4n) is 1.86. The van der Waals surface area contributed by atoms with E-state index >= 15 is 0 Å². The van der Waals surface area contributed by atoms with E-state index in [2.05, 4.69) is 5.32 Å². The zero-order chi connectivity index (χ0) is 16.4. The molecule has 2 unspecified atom stereocenters. The van der Waals surface area contributed by atoms with E-state index < -0.39 is 15.1 Å². The van der Waals surface area contributed by atoms with Crippen molar-refractivity contribution in [3.8, 4) is 0 Å². The Hall–Kier alpha value is -0.150. The predicted octanol–water partition coefficient (Wildman–Crippen LogP) is 5.34. The Labute approximate surface area is 146 Å². The van der Waals surface area contributed by atoms with Crippen molar-refractivity contribution in [3.63, 3.8) is 0 Å². The van der Waals surface area contributed by atoms with Crippen LogP contribution in [0.15, 0.2) is 24.3 Å². The maximum atomic E-state index is 12.4. The fourth-order valence-corrected chi connectivity index (χ4v) is 2.43. The van der Waals surface area contributed by atoms with Crippen LogP contribution in [0.4, 0.5) is 0 Å². The molecular formula is C15H19Cl4NO. The van der Waals surface area contributed by atoms with Crippen LogP contribution >= 0.6 is 46.4 Å². The Morgan fingerprint density at radius 1 is 1.10 bits per heavy atom. The Morgan fingerprint density at radius 2 is 1.57 bits per heavy atom. The van der Waals surface area contributed by atoms with E-state index in [1.807, 2.05) is 32.9 Å². The Bertz CT molecular complexity index is 497. The molecule has 0 aromatic heterocycles. The standard InChI is InChI=1S/C15H19Cl4NO/c1-9(2)15(18,19)14(4,17)13(21)20-10(3)11-5-7-12(16)8-6-11/h5-10H,1-4H3,(H,20,21). The highest BCUT2D eigenvalue weighted by atomic mass is 35.5. The molecule has 0 aliphatic carbocycles. The van der Waals surface area contributed by atoms with E-state index in [4.69, 9.17) is 46.4 Å². The fraction of sp³-hybridized carbons (Fsp3) is 0.533. The average Bonchev–Trinajstić information content (AvgIpc) is 2.38. The number of benzene rings is 1. The molecular weight excluding hydrogens is 352 g/mol. The first-order chi connectivity index (χ1) is 9.50. The van der Waals surface area contributed by atoms with E-state index in [1.54, 1.807) is 12.1 Å². The summed E-state index contributed by atoms with van der Waals surface area (Å²) < 4.78 is -1.38. The van der Waals surface area contributed by atoms with Gasteiger partial charge in [0.15, 0.2) is 4.87 Å². The molecule has 6 heteroatoms. The number of carbonyl (C=O) groups excluding carboxylic acids is 1. The summed E-state index contributed by atoms with van der Waals surface area (Å²) in [6.45, 7) is 7.01. The number of hydrogen-bond donors (Lipinski definition) is 1. The second-order valence-electron chi connectivity index (χ2n) is 5.53. The molecule has 0 radical (unpaired) electrons. The summed E-state index contributed by atoms with van der Waals surface area (Å²) in [4.78, 5) is 11.0. The lowest BCUT2D eigenvalue weighted by atomic mass is 9.95. The summed E-state index contributed by atoms with van der Waals surface area (Å²) >= 11 is 24.7. The molecule has 0 bridgehead atoms. The third-order valence-corrected chi connectivity index (χ3v) is 6.04. The van der Waals surface area contributed by atoms with Crippen LogP contribution in [0.2, 0.25) is 5.02 Å². The van der Waals surface area contributed by atoms with Gasteiger partial charge in [-0.3, -0.25) is 4.79 Å². The summed E-state index contributed by atoms with van der Waals surface area (Å²) in [5.41, 5.74) is 0.916. The molecule has 1 N–H and O–H groups in total. The van der Waals surface area contributed by atoms with Crippen LogP contribution in [0.3, 0.4) is 0 Å². The smallest absolute Gasteiger partial charge is 0.244 e. The van der Waals surface area contributed by atoms with Crippen LogP contribution in [-0.2, 0) is 4.79 Å². The first-order valence-corrected chi connectivity index (χ1v) is 8.14. The number of hydrogen-bond acceptors (Lipinski definition) is 1. The van der Waals surface area contributed by atoms with Crippen molar-refractivity contribution >= 4 is 52.3 Å². The first kappa shape index (κ1) is 18.9. The largest absolute Gasteiger partial charge is 0.348 e. The van der Waals surface area contributed by atoms with Gasteiger partial charge in [0.25, 0.3) is 0 Å². The molecule has 118 valence electrons. The quantitative estimate of drug-likeness (QED) is 0.696. The summed E-state index contributed by atoms with van der Waals surface area (Å²) in [7, 11) is 0. The van der Waals surface area contributed by atoms with Crippen LogP contribution in [0.5, 0.6) is 0 Å². The zero-order valence-corrected chi connectivity index (χ0v) is 15.4. The Morgan fingerprint density at radius 3 is 2.00 bits per heavy atom. The molecule has 0 aliphatic rings. The lowest BCUT2D eigenvalue weighted by Gasteiger charge is -2.37. The van der Waals surface area contributed by atoms with Gasteiger partial charge in [-0.1, -0.05) is 60.8 Å². The molecule has 0 heterocycles. The SMILES string of the molecule is CC(NC(=O)C(C)(Cl)C(Cl)(Cl)C(C)C)c1ccc(Cl)cc1. The molecule has 1 aromatic rings. The third kappa shape index (κ3) is 4.19. The minimum atomic E-state index is -1.44. The summed E-state index contributed by atoms with van der Waals surface area (Å²) in [6.07, 6.45) is 0. The number of alkyl halides is 3. The molecule has 2 nitrogen and oxygen atoms in total. The van der Waals surface area contributed by atoms with Gasteiger partial charge in [0.1, 0.15) is 4.33 Å². The monoisotopic (exact) mass is 369 g/mol. The summed E-state index contributed by atoms with van der Waals surface area (Å²) in [5, 5.41) is 3.47. The average molecular weight is 371 g/mol. The van der Waals surface area contributed by atoms with Gasteiger partial charge in [-0.2, -0.15) is 0 Å². The van der Waals surface area contributed by atoms with Crippen LogP contribution in [0.25, 0.3) is 0 Å². The highest BCUT2D eigenvalue weighted by Crippen LogP contribution is 2.45. The molecule has 1 aromatic carbocycles. The number of nitrogens with one attached hydrogen (secondary N) is 1. The van der Waals surface area contributed by atoms with E-state index in [1.165, 1.54) is 6.92 Å². The maximum Gasteiger partial charge on any atom is 0.244 e. The van der Waals surface area contributed by atoms with Gasteiger partial charge in [0, 0.05) is 5.02 Å². The Balaban J connectivity index is 2.87. The van der Waals surface area contributed by atoms with Gasteiger partial charge in [-0.15, -0.1) is 11.6 Å². The topological polar surface area (TPSA) is 29.1 Å². The van der Waals surface area contributed by atoms with Gasteiger partial charge in [0.2, 0.25) is 5.91 Å². The third-order valence-electron chi connectivity index (χ3n) is 3.50. The maximum absolute atomic E-state index is 12.4. The highest BCUT2D eigenvalue weighted by molar-refractivity contribution is 6.57. The van der Waals surface area contributed by atoms with Gasteiger partial charge in [0.05, 0.1) is 6.04 Å². The minimum absolute atomic E-state index is 0.181. The van der Waals surface area contributed by atoms with Crippen LogP contribution < -0.4 is 5.32 Å². The van der Waals surface area contributed by atoms with E-state index in [0.717, 1.165) is 5.56 Å². The number of carbonyl (C=O) groups is 1. The zero-order valence-electron chi connectivity index (χ0n) is 12.4. The molecule has 0 fully saturated rings. The number of rotatable bonds is 5. The Kier molecular flexibility index (Phi) is 6.26. The second kappa shape index (κ2) is 6.95. The summed E-state index contributed by atoms with van der Waals surface area (Å²) in [6, 6.07) is 6.98. The van der Waals surface area contributed by atoms with Gasteiger partial charge >= 0.3 is 0 Å². The van der Waals surface area contributed by atoms with Gasteiger partial charge in [-0.05, 0) is 37.5 Å². The molecule has 1 rings (SSSR count). The van der Waals surface area contributed by atoms with Crippen molar-refractivity contribution in [1.29, 1.82) is 0 Å². The lowest BCUT2D eigenvalue weighted by molar-refractivity contribution is -0.124. The molecule has 1 amide bonds. The van der Waals surface area contributed by atoms with Crippen LogP contribution in [0.1, 0.15) is 39.3 Å². The van der Waals surface area contributed by atoms with Crippen molar-refractivity contribution < 1.29 is 4.79 Å². The van der Waals surface area contributed by atoms with Gasteiger partial charge < -0.3 is 5.32 Å². The van der Waals surface area contributed by atoms with E-state index in [-0.39, 0.29) is 12.0 Å². The summed E-state index contributed by atoms with van der Waals surface area (Å²) in [5.74, 6) is -0.592.